The first kappa shape index (κ1) is 13.7. The summed E-state index contributed by atoms with van der Waals surface area (Å²) in [5, 5.41) is 7.97. The minimum atomic E-state index is 0.551. The molecule has 0 fully saturated rings. The molecular weight excluding hydrogens is 266 g/mol. The molecule has 4 heteroatoms. The van der Waals surface area contributed by atoms with Crippen LogP contribution in [-0.4, -0.2) is 22.4 Å². The van der Waals surface area contributed by atoms with Gasteiger partial charge in [0, 0.05) is 18.3 Å². The summed E-state index contributed by atoms with van der Waals surface area (Å²) in [6.07, 6.45) is 0. The lowest BCUT2D eigenvalue weighted by Gasteiger charge is -2.15. The lowest BCUT2D eigenvalue weighted by atomic mass is 10.1. The maximum atomic E-state index is 4.52. The van der Waals surface area contributed by atoms with E-state index in [1.54, 1.807) is 0 Å². The zero-order valence-electron chi connectivity index (χ0n) is 10.8. The number of nitrogens with one attached hydrogen (secondary N) is 1. The third-order valence-corrected chi connectivity index (χ3v) is 3.80. The summed E-state index contributed by atoms with van der Waals surface area (Å²) in [5.74, 6) is 0.590. The van der Waals surface area contributed by atoms with Crippen molar-refractivity contribution in [3.63, 3.8) is 0 Å². The third-order valence-electron chi connectivity index (χ3n) is 2.65. The Morgan fingerprint density at radius 2 is 1.94 bits per heavy atom. The second-order valence-corrected chi connectivity index (χ2v) is 5.63. The van der Waals surface area contributed by atoms with Crippen LogP contribution in [0.3, 0.4) is 0 Å². The SMILES string of the molecule is Cc1nn(CC(C)CNC(C)C)c(C)c1Br. The van der Waals surface area contributed by atoms with Crippen molar-refractivity contribution in [3.05, 3.63) is 15.9 Å². The van der Waals surface area contributed by atoms with E-state index in [1.807, 2.05) is 6.92 Å². The highest BCUT2D eigenvalue weighted by molar-refractivity contribution is 9.10. The molecule has 0 saturated heterocycles. The van der Waals surface area contributed by atoms with Gasteiger partial charge in [0.25, 0.3) is 0 Å². The Kier molecular flexibility index (Phi) is 4.99. The van der Waals surface area contributed by atoms with Crippen LogP contribution in [0.2, 0.25) is 0 Å². The molecule has 0 aromatic carbocycles. The van der Waals surface area contributed by atoms with Crippen LogP contribution in [0.15, 0.2) is 4.47 Å². The van der Waals surface area contributed by atoms with Crippen molar-refractivity contribution < 1.29 is 0 Å². The summed E-state index contributed by atoms with van der Waals surface area (Å²) in [6, 6.07) is 0.551. The lowest BCUT2D eigenvalue weighted by molar-refractivity contribution is 0.401. The van der Waals surface area contributed by atoms with E-state index < -0.39 is 0 Å². The van der Waals surface area contributed by atoms with Gasteiger partial charge in [0.05, 0.1) is 10.2 Å². The van der Waals surface area contributed by atoms with E-state index >= 15 is 0 Å². The molecule has 1 heterocycles. The number of hydrogen-bond donors (Lipinski definition) is 1. The van der Waals surface area contributed by atoms with Gasteiger partial charge in [-0.2, -0.15) is 5.10 Å². The van der Waals surface area contributed by atoms with Gasteiger partial charge < -0.3 is 5.32 Å². The van der Waals surface area contributed by atoms with Gasteiger partial charge >= 0.3 is 0 Å². The molecule has 0 radical (unpaired) electrons. The van der Waals surface area contributed by atoms with Crippen molar-refractivity contribution in [2.45, 2.75) is 47.2 Å². The van der Waals surface area contributed by atoms with Crippen molar-refractivity contribution >= 4 is 15.9 Å². The zero-order chi connectivity index (χ0) is 12.3. The Labute approximate surface area is 107 Å². The van der Waals surface area contributed by atoms with Gasteiger partial charge in [-0.05, 0) is 42.2 Å². The summed E-state index contributed by atoms with van der Waals surface area (Å²) in [4.78, 5) is 0. The molecule has 1 aromatic rings. The topological polar surface area (TPSA) is 29.9 Å². The van der Waals surface area contributed by atoms with Crippen molar-refractivity contribution in [1.82, 2.24) is 15.1 Å². The molecule has 1 rings (SSSR count). The molecule has 1 unspecified atom stereocenters. The molecule has 0 bridgehead atoms. The molecule has 0 spiro atoms. The van der Waals surface area contributed by atoms with Gasteiger partial charge in [0.2, 0.25) is 0 Å². The first-order chi connectivity index (χ1) is 7.41. The van der Waals surface area contributed by atoms with E-state index in [0.29, 0.717) is 12.0 Å². The summed E-state index contributed by atoms with van der Waals surface area (Å²) in [6.45, 7) is 12.7. The molecule has 3 nitrogen and oxygen atoms in total. The highest BCUT2D eigenvalue weighted by atomic mass is 79.9. The summed E-state index contributed by atoms with van der Waals surface area (Å²) >= 11 is 3.55. The molecule has 92 valence electrons. The minimum Gasteiger partial charge on any atom is -0.314 e. The first-order valence-electron chi connectivity index (χ1n) is 5.84. The Morgan fingerprint density at radius 3 is 2.38 bits per heavy atom. The Morgan fingerprint density at radius 1 is 1.31 bits per heavy atom. The van der Waals surface area contributed by atoms with Crippen molar-refractivity contribution in [2.24, 2.45) is 5.92 Å². The molecular formula is C12H22BrN3. The molecule has 0 aliphatic carbocycles. The largest absolute Gasteiger partial charge is 0.314 e. The lowest BCUT2D eigenvalue weighted by Crippen LogP contribution is -2.30. The summed E-state index contributed by atoms with van der Waals surface area (Å²) in [5.41, 5.74) is 2.29. The standard InChI is InChI=1S/C12H22BrN3/c1-8(2)14-6-9(3)7-16-11(5)12(13)10(4)15-16/h8-9,14H,6-7H2,1-5H3. The van der Waals surface area contributed by atoms with Crippen LogP contribution in [0.1, 0.15) is 32.2 Å². The maximum Gasteiger partial charge on any atom is 0.0738 e. The van der Waals surface area contributed by atoms with E-state index in [1.165, 1.54) is 5.69 Å². The number of aromatic nitrogens is 2. The van der Waals surface area contributed by atoms with Gasteiger partial charge in [0.15, 0.2) is 0 Å². The fraction of sp³-hybridized carbons (Fsp3) is 0.750. The average Bonchev–Trinajstić information content (AvgIpc) is 2.43. The predicted octanol–water partition coefficient (Wildman–Crippen LogP) is 2.90. The summed E-state index contributed by atoms with van der Waals surface area (Å²) < 4.78 is 3.23. The molecule has 0 aliphatic heterocycles. The van der Waals surface area contributed by atoms with Crippen LogP contribution < -0.4 is 5.32 Å². The average molecular weight is 288 g/mol. The number of rotatable bonds is 5. The Bertz CT molecular complexity index is 344. The second-order valence-electron chi connectivity index (χ2n) is 4.84. The predicted molar refractivity (Wildman–Crippen MR) is 71.7 cm³/mol. The Hall–Kier alpha value is -0.350. The van der Waals surface area contributed by atoms with E-state index in [4.69, 9.17) is 0 Å². The van der Waals surface area contributed by atoms with Crippen molar-refractivity contribution in [1.29, 1.82) is 0 Å². The van der Waals surface area contributed by atoms with E-state index in [0.717, 1.165) is 23.3 Å². The molecule has 0 amide bonds. The monoisotopic (exact) mass is 287 g/mol. The Balaban J connectivity index is 2.56. The van der Waals surface area contributed by atoms with E-state index in [2.05, 4.69) is 58.7 Å². The zero-order valence-corrected chi connectivity index (χ0v) is 12.4. The van der Waals surface area contributed by atoms with Gasteiger partial charge in [-0.25, -0.2) is 0 Å². The maximum absolute atomic E-state index is 4.52. The fourth-order valence-corrected chi connectivity index (χ4v) is 1.93. The highest BCUT2D eigenvalue weighted by Crippen LogP contribution is 2.20. The van der Waals surface area contributed by atoms with Crippen molar-refractivity contribution in [3.8, 4) is 0 Å². The normalized spacial score (nSPS) is 13.4. The summed E-state index contributed by atoms with van der Waals surface area (Å²) in [7, 11) is 0. The third kappa shape index (κ3) is 3.59. The highest BCUT2D eigenvalue weighted by Gasteiger charge is 2.11. The van der Waals surface area contributed by atoms with E-state index in [-0.39, 0.29) is 0 Å². The van der Waals surface area contributed by atoms with Crippen LogP contribution >= 0.6 is 15.9 Å². The molecule has 16 heavy (non-hydrogen) atoms. The first-order valence-corrected chi connectivity index (χ1v) is 6.64. The van der Waals surface area contributed by atoms with Gasteiger partial charge in [-0.1, -0.05) is 20.8 Å². The minimum absolute atomic E-state index is 0.551. The van der Waals surface area contributed by atoms with Crippen molar-refractivity contribution in [2.75, 3.05) is 6.54 Å². The van der Waals surface area contributed by atoms with Gasteiger partial charge in [0.1, 0.15) is 0 Å². The van der Waals surface area contributed by atoms with E-state index in [9.17, 15) is 0 Å². The quantitative estimate of drug-likeness (QED) is 0.903. The van der Waals surface area contributed by atoms with Crippen LogP contribution in [0.25, 0.3) is 0 Å². The number of hydrogen-bond acceptors (Lipinski definition) is 2. The molecule has 1 aromatic heterocycles. The number of halogens is 1. The number of nitrogens with zero attached hydrogens (tertiary/aromatic N) is 2. The van der Waals surface area contributed by atoms with Crippen LogP contribution in [0.4, 0.5) is 0 Å². The smallest absolute Gasteiger partial charge is 0.0738 e. The van der Waals surface area contributed by atoms with Crippen LogP contribution in [-0.2, 0) is 6.54 Å². The molecule has 1 atom stereocenters. The van der Waals surface area contributed by atoms with Crippen LogP contribution in [0.5, 0.6) is 0 Å². The molecule has 1 N–H and O–H groups in total. The molecule has 0 aliphatic rings. The number of aryl methyl sites for hydroxylation is 1. The fourth-order valence-electron chi connectivity index (χ4n) is 1.65. The second kappa shape index (κ2) is 5.82. The van der Waals surface area contributed by atoms with Gasteiger partial charge in [-0.3, -0.25) is 4.68 Å². The molecule has 0 saturated carbocycles. The van der Waals surface area contributed by atoms with Gasteiger partial charge in [-0.15, -0.1) is 0 Å². The van der Waals surface area contributed by atoms with Crippen LogP contribution in [0, 0.1) is 19.8 Å².